The molecule has 0 amide bonds. The molecule has 0 spiro atoms. The Morgan fingerprint density at radius 1 is 1.21 bits per heavy atom. The quantitative estimate of drug-likeness (QED) is 0.481. The minimum absolute atomic E-state index is 0.554. The molecule has 0 aliphatic carbocycles. The highest BCUT2D eigenvalue weighted by Crippen LogP contribution is 2.29. The van der Waals surface area contributed by atoms with Crippen LogP contribution in [0.3, 0.4) is 0 Å². The normalized spacial score (nSPS) is 11.0. The summed E-state index contributed by atoms with van der Waals surface area (Å²) in [5.74, 6) is 2.64. The molecule has 0 unspecified atom stereocenters. The summed E-state index contributed by atoms with van der Waals surface area (Å²) in [6, 6.07) is 7.67. The van der Waals surface area contributed by atoms with E-state index in [1.807, 2.05) is 29.6 Å². The maximum atomic E-state index is 5.26. The third-order valence-corrected chi connectivity index (χ3v) is 5.79. The van der Waals surface area contributed by atoms with Crippen LogP contribution in [0, 0.1) is 0 Å². The molecule has 4 aromatic heterocycles. The first-order valence-electron chi connectivity index (χ1n) is 6.96. The number of rotatable bonds is 7. The fourth-order valence-corrected chi connectivity index (χ4v) is 4.09. The summed E-state index contributed by atoms with van der Waals surface area (Å²) < 4.78 is 11.4. The third-order valence-electron chi connectivity index (χ3n) is 2.93. The highest BCUT2D eigenvalue weighted by Gasteiger charge is 2.11. The lowest BCUT2D eigenvalue weighted by atomic mass is 10.4. The van der Waals surface area contributed by atoms with Crippen molar-refractivity contribution < 1.29 is 8.94 Å². The van der Waals surface area contributed by atoms with Crippen LogP contribution in [0.4, 0.5) is 5.13 Å². The van der Waals surface area contributed by atoms with Crippen LogP contribution < -0.4 is 5.32 Å². The molecule has 0 aromatic carbocycles. The van der Waals surface area contributed by atoms with Crippen molar-refractivity contribution in [3.8, 4) is 10.8 Å². The molecule has 4 heterocycles. The zero-order valence-corrected chi connectivity index (χ0v) is 14.7. The van der Waals surface area contributed by atoms with Crippen molar-refractivity contribution in [2.75, 3.05) is 5.32 Å². The molecule has 4 rings (SSSR count). The topological polar surface area (TPSA) is 89.9 Å². The van der Waals surface area contributed by atoms with Crippen LogP contribution in [0.2, 0.25) is 0 Å². The van der Waals surface area contributed by atoms with Crippen LogP contribution in [0.15, 0.2) is 49.2 Å². The van der Waals surface area contributed by atoms with Gasteiger partial charge in [0.2, 0.25) is 5.13 Å². The fourth-order valence-electron chi connectivity index (χ4n) is 1.85. The van der Waals surface area contributed by atoms with Crippen molar-refractivity contribution in [1.82, 2.24) is 20.3 Å². The Kier molecular flexibility index (Phi) is 4.58. The summed E-state index contributed by atoms with van der Waals surface area (Å²) in [4.78, 5) is 5.36. The van der Waals surface area contributed by atoms with Gasteiger partial charge in [0.1, 0.15) is 5.76 Å². The van der Waals surface area contributed by atoms with Gasteiger partial charge in [0, 0.05) is 0 Å². The minimum atomic E-state index is 0.554. The number of aromatic nitrogens is 4. The average Bonchev–Trinajstić information content (AvgIpc) is 3.40. The molecule has 122 valence electrons. The first kappa shape index (κ1) is 15.4. The SMILES string of the molecule is c1coc(CNc2nnc(SCc3noc(-c4cccs4)n3)s2)c1. The van der Waals surface area contributed by atoms with Gasteiger partial charge < -0.3 is 14.3 Å². The van der Waals surface area contributed by atoms with E-state index >= 15 is 0 Å². The van der Waals surface area contributed by atoms with Crippen LogP contribution >= 0.6 is 34.4 Å². The number of nitrogens with zero attached hydrogens (tertiary/aromatic N) is 4. The molecule has 0 atom stereocenters. The maximum absolute atomic E-state index is 5.26. The summed E-state index contributed by atoms with van der Waals surface area (Å²) in [7, 11) is 0. The number of thioether (sulfide) groups is 1. The first-order chi connectivity index (χ1) is 11.9. The van der Waals surface area contributed by atoms with E-state index in [0.717, 1.165) is 20.1 Å². The molecule has 7 nitrogen and oxygen atoms in total. The standard InChI is InChI=1S/C14H11N5O2S3/c1-3-9(20-5-1)7-15-13-17-18-14(24-13)23-8-11-16-12(21-19-11)10-4-2-6-22-10/h1-6H,7-8H2,(H,15,17). The van der Waals surface area contributed by atoms with E-state index in [-0.39, 0.29) is 0 Å². The van der Waals surface area contributed by atoms with Crippen LogP contribution in [0.1, 0.15) is 11.6 Å². The Bertz CT molecular complexity index is 885. The number of anilines is 1. The van der Waals surface area contributed by atoms with Crippen LogP contribution in [0.25, 0.3) is 10.8 Å². The van der Waals surface area contributed by atoms with E-state index in [1.54, 1.807) is 17.6 Å². The fraction of sp³-hybridized carbons (Fsp3) is 0.143. The summed E-state index contributed by atoms with van der Waals surface area (Å²) in [5.41, 5.74) is 0. The highest BCUT2D eigenvalue weighted by molar-refractivity contribution is 8.00. The molecular weight excluding hydrogens is 366 g/mol. The lowest BCUT2D eigenvalue weighted by Gasteiger charge is -1.96. The molecule has 24 heavy (non-hydrogen) atoms. The number of thiophene rings is 1. The number of furan rings is 1. The monoisotopic (exact) mass is 377 g/mol. The number of hydrogen-bond donors (Lipinski definition) is 1. The Balaban J connectivity index is 1.31. The smallest absolute Gasteiger partial charge is 0.268 e. The third kappa shape index (κ3) is 3.66. The minimum Gasteiger partial charge on any atom is -0.467 e. The van der Waals surface area contributed by atoms with Crippen LogP contribution in [0.5, 0.6) is 0 Å². The Morgan fingerprint density at radius 3 is 3.04 bits per heavy atom. The molecule has 1 N–H and O–H groups in total. The summed E-state index contributed by atoms with van der Waals surface area (Å²) in [6.07, 6.45) is 1.65. The molecule has 0 aliphatic heterocycles. The van der Waals surface area contributed by atoms with Crippen molar-refractivity contribution in [3.63, 3.8) is 0 Å². The van der Waals surface area contributed by atoms with Gasteiger partial charge in [-0.05, 0) is 23.6 Å². The van der Waals surface area contributed by atoms with Crippen LogP contribution in [-0.2, 0) is 12.3 Å². The summed E-state index contributed by atoms with van der Waals surface area (Å²) >= 11 is 4.58. The second-order valence-corrected chi connectivity index (χ2v) is 7.74. The second-order valence-electron chi connectivity index (χ2n) is 4.59. The molecule has 0 aliphatic rings. The van der Waals surface area contributed by atoms with Crippen molar-refractivity contribution in [2.24, 2.45) is 0 Å². The molecule has 0 radical (unpaired) electrons. The number of hydrogen-bond acceptors (Lipinski definition) is 10. The zero-order valence-electron chi connectivity index (χ0n) is 12.2. The average molecular weight is 377 g/mol. The van der Waals surface area contributed by atoms with Gasteiger partial charge in [-0.15, -0.1) is 21.5 Å². The second kappa shape index (κ2) is 7.16. The Hall–Kier alpha value is -2.17. The van der Waals surface area contributed by atoms with E-state index in [2.05, 4.69) is 25.7 Å². The van der Waals surface area contributed by atoms with E-state index in [1.165, 1.54) is 23.1 Å². The van der Waals surface area contributed by atoms with Gasteiger partial charge in [-0.2, -0.15) is 4.98 Å². The first-order valence-corrected chi connectivity index (χ1v) is 9.64. The molecule has 0 saturated heterocycles. The van der Waals surface area contributed by atoms with Gasteiger partial charge in [-0.1, -0.05) is 34.3 Å². The zero-order chi connectivity index (χ0) is 16.2. The molecule has 10 heteroatoms. The lowest BCUT2D eigenvalue weighted by Crippen LogP contribution is -1.96. The lowest BCUT2D eigenvalue weighted by molar-refractivity contribution is 0.426. The molecule has 0 bridgehead atoms. The van der Waals surface area contributed by atoms with E-state index in [0.29, 0.717) is 24.0 Å². The van der Waals surface area contributed by atoms with Gasteiger partial charge in [-0.3, -0.25) is 0 Å². The van der Waals surface area contributed by atoms with Crippen LogP contribution in [-0.4, -0.2) is 20.3 Å². The van der Waals surface area contributed by atoms with Gasteiger partial charge in [0.05, 0.1) is 23.4 Å². The van der Waals surface area contributed by atoms with Gasteiger partial charge >= 0.3 is 0 Å². The highest BCUT2D eigenvalue weighted by atomic mass is 32.2. The Morgan fingerprint density at radius 2 is 2.21 bits per heavy atom. The molecular formula is C14H11N5O2S3. The van der Waals surface area contributed by atoms with Crippen molar-refractivity contribution in [2.45, 2.75) is 16.6 Å². The van der Waals surface area contributed by atoms with Crippen molar-refractivity contribution in [1.29, 1.82) is 0 Å². The molecule has 0 fully saturated rings. The van der Waals surface area contributed by atoms with E-state index < -0.39 is 0 Å². The molecule has 0 saturated carbocycles. The molecule has 4 aromatic rings. The van der Waals surface area contributed by atoms with Crippen molar-refractivity contribution >= 4 is 39.6 Å². The largest absolute Gasteiger partial charge is 0.467 e. The Labute approximate surface area is 149 Å². The predicted octanol–water partition coefficient (Wildman–Crippen LogP) is 4.15. The van der Waals surface area contributed by atoms with Gasteiger partial charge in [0.25, 0.3) is 5.89 Å². The van der Waals surface area contributed by atoms with Gasteiger partial charge in [0.15, 0.2) is 10.2 Å². The van der Waals surface area contributed by atoms with E-state index in [4.69, 9.17) is 8.94 Å². The summed E-state index contributed by atoms with van der Waals surface area (Å²) in [5, 5.41) is 18.1. The van der Waals surface area contributed by atoms with Crippen molar-refractivity contribution in [3.05, 3.63) is 47.5 Å². The van der Waals surface area contributed by atoms with Gasteiger partial charge in [-0.25, -0.2) is 0 Å². The summed E-state index contributed by atoms with van der Waals surface area (Å²) in [6.45, 7) is 0.585. The van der Waals surface area contributed by atoms with E-state index in [9.17, 15) is 0 Å². The number of nitrogens with one attached hydrogen (secondary N) is 1. The maximum Gasteiger partial charge on any atom is 0.268 e. The predicted molar refractivity (Wildman–Crippen MR) is 93.1 cm³/mol.